The quantitative estimate of drug-likeness (QED) is 0.482. The minimum absolute atomic E-state index is 0.113. The SMILES string of the molecule is O=[N+]([O-])c1ccc(NCCNc2cccc(C(F)(F)F)c2)nc1. The van der Waals surface area contributed by atoms with E-state index >= 15 is 0 Å². The van der Waals surface area contributed by atoms with Crippen LogP contribution in [0.25, 0.3) is 0 Å². The molecular weight excluding hydrogens is 313 g/mol. The smallest absolute Gasteiger partial charge is 0.383 e. The third-order valence-electron chi connectivity index (χ3n) is 2.91. The number of nitrogens with zero attached hydrogens (tertiary/aromatic N) is 2. The van der Waals surface area contributed by atoms with Crippen LogP contribution in [-0.2, 0) is 6.18 Å². The van der Waals surface area contributed by atoms with Gasteiger partial charge in [-0.25, -0.2) is 4.98 Å². The fourth-order valence-corrected chi connectivity index (χ4v) is 1.80. The average Bonchev–Trinajstić information content (AvgIpc) is 2.51. The van der Waals surface area contributed by atoms with Crippen molar-refractivity contribution >= 4 is 17.2 Å². The van der Waals surface area contributed by atoms with Gasteiger partial charge in [0.2, 0.25) is 0 Å². The van der Waals surface area contributed by atoms with Crippen molar-refractivity contribution in [1.82, 2.24) is 4.98 Å². The summed E-state index contributed by atoms with van der Waals surface area (Å²) < 4.78 is 37.7. The molecule has 0 bridgehead atoms. The summed E-state index contributed by atoms with van der Waals surface area (Å²) in [5.74, 6) is 0.446. The maximum atomic E-state index is 12.6. The molecular formula is C14H13F3N4O2. The summed E-state index contributed by atoms with van der Waals surface area (Å²) in [5, 5.41) is 16.2. The molecule has 6 nitrogen and oxygen atoms in total. The van der Waals surface area contributed by atoms with Gasteiger partial charge in [0.15, 0.2) is 0 Å². The molecule has 122 valence electrons. The summed E-state index contributed by atoms with van der Waals surface area (Å²) in [6, 6.07) is 7.68. The molecule has 0 aliphatic carbocycles. The Labute approximate surface area is 129 Å². The van der Waals surface area contributed by atoms with Crippen LogP contribution in [0.2, 0.25) is 0 Å². The van der Waals surface area contributed by atoms with E-state index in [2.05, 4.69) is 15.6 Å². The molecule has 0 saturated heterocycles. The van der Waals surface area contributed by atoms with Crippen molar-refractivity contribution in [3.8, 4) is 0 Å². The Hall–Kier alpha value is -2.84. The average molecular weight is 326 g/mol. The van der Waals surface area contributed by atoms with Crippen LogP contribution < -0.4 is 10.6 Å². The first kappa shape index (κ1) is 16.5. The Balaban J connectivity index is 1.82. The van der Waals surface area contributed by atoms with Crippen LogP contribution in [0.1, 0.15) is 5.56 Å². The van der Waals surface area contributed by atoms with Gasteiger partial charge < -0.3 is 10.6 Å². The van der Waals surface area contributed by atoms with E-state index in [-0.39, 0.29) is 5.69 Å². The van der Waals surface area contributed by atoms with Crippen molar-refractivity contribution < 1.29 is 18.1 Å². The topological polar surface area (TPSA) is 80.1 Å². The fraction of sp³-hybridized carbons (Fsp3) is 0.214. The second kappa shape index (κ2) is 6.95. The maximum absolute atomic E-state index is 12.6. The summed E-state index contributed by atoms with van der Waals surface area (Å²) in [6.45, 7) is 0.751. The molecule has 23 heavy (non-hydrogen) atoms. The van der Waals surface area contributed by atoms with E-state index in [9.17, 15) is 23.3 Å². The molecule has 1 heterocycles. The van der Waals surface area contributed by atoms with Crippen LogP contribution in [-0.4, -0.2) is 23.0 Å². The van der Waals surface area contributed by atoms with Crippen LogP contribution >= 0.6 is 0 Å². The van der Waals surface area contributed by atoms with Crippen LogP contribution in [0.15, 0.2) is 42.6 Å². The molecule has 0 radical (unpaired) electrons. The third-order valence-corrected chi connectivity index (χ3v) is 2.91. The molecule has 0 aliphatic heterocycles. The highest BCUT2D eigenvalue weighted by Crippen LogP contribution is 2.30. The van der Waals surface area contributed by atoms with E-state index < -0.39 is 16.7 Å². The highest BCUT2D eigenvalue weighted by molar-refractivity contribution is 5.47. The van der Waals surface area contributed by atoms with Gasteiger partial charge in [0.25, 0.3) is 5.69 Å². The molecule has 0 spiro atoms. The van der Waals surface area contributed by atoms with Crippen LogP contribution in [0, 0.1) is 10.1 Å². The summed E-state index contributed by atoms with van der Waals surface area (Å²) in [5.41, 5.74) is -0.469. The lowest BCUT2D eigenvalue weighted by Gasteiger charge is -2.11. The van der Waals surface area contributed by atoms with Gasteiger partial charge in [-0.1, -0.05) is 6.07 Å². The Morgan fingerprint density at radius 1 is 1.13 bits per heavy atom. The van der Waals surface area contributed by atoms with E-state index in [0.717, 1.165) is 18.3 Å². The van der Waals surface area contributed by atoms with Crippen molar-refractivity contribution in [3.63, 3.8) is 0 Å². The van der Waals surface area contributed by atoms with Gasteiger partial charge in [-0.3, -0.25) is 10.1 Å². The molecule has 0 saturated carbocycles. The third kappa shape index (κ3) is 4.83. The Morgan fingerprint density at radius 2 is 1.87 bits per heavy atom. The summed E-state index contributed by atoms with van der Waals surface area (Å²) in [6.07, 6.45) is -3.25. The number of pyridine rings is 1. The number of nitro groups is 1. The van der Waals surface area contributed by atoms with E-state index in [1.54, 1.807) is 6.07 Å². The zero-order valence-corrected chi connectivity index (χ0v) is 11.8. The van der Waals surface area contributed by atoms with Gasteiger partial charge in [-0.05, 0) is 24.3 Å². The first-order valence-electron chi connectivity index (χ1n) is 6.62. The monoisotopic (exact) mass is 326 g/mol. The molecule has 0 atom stereocenters. The van der Waals surface area contributed by atoms with Gasteiger partial charge in [-0.15, -0.1) is 0 Å². The Morgan fingerprint density at radius 3 is 2.48 bits per heavy atom. The Kier molecular flexibility index (Phi) is 4.99. The van der Waals surface area contributed by atoms with E-state index in [0.29, 0.717) is 24.6 Å². The minimum Gasteiger partial charge on any atom is -0.383 e. The maximum Gasteiger partial charge on any atom is 0.416 e. The van der Waals surface area contributed by atoms with Crippen molar-refractivity contribution in [2.75, 3.05) is 23.7 Å². The van der Waals surface area contributed by atoms with Gasteiger partial charge >= 0.3 is 6.18 Å². The lowest BCUT2D eigenvalue weighted by molar-refractivity contribution is -0.385. The number of alkyl halides is 3. The van der Waals surface area contributed by atoms with E-state index in [1.807, 2.05) is 0 Å². The standard InChI is InChI=1S/C14H13F3N4O2/c15-14(16,17)10-2-1-3-11(8-10)18-6-7-19-13-5-4-12(9-20-13)21(22)23/h1-5,8-9,18H,6-7H2,(H,19,20). The largest absolute Gasteiger partial charge is 0.416 e. The summed E-state index contributed by atoms with van der Waals surface area (Å²) >= 11 is 0. The first-order chi connectivity index (χ1) is 10.9. The van der Waals surface area contributed by atoms with Crippen LogP contribution in [0.3, 0.4) is 0 Å². The predicted molar refractivity (Wildman–Crippen MR) is 79.3 cm³/mol. The Bertz CT molecular complexity index is 674. The lowest BCUT2D eigenvalue weighted by Crippen LogP contribution is -2.15. The fourth-order valence-electron chi connectivity index (χ4n) is 1.80. The normalized spacial score (nSPS) is 11.1. The summed E-state index contributed by atoms with van der Waals surface area (Å²) in [4.78, 5) is 13.8. The molecule has 1 aromatic carbocycles. The second-order valence-electron chi connectivity index (χ2n) is 4.59. The van der Waals surface area contributed by atoms with Gasteiger partial charge in [-0.2, -0.15) is 13.2 Å². The van der Waals surface area contributed by atoms with Crippen LogP contribution in [0.4, 0.5) is 30.4 Å². The minimum atomic E-state index is -4.38. The van der Waals surface area contributed by atoms with Gasteiger partial charge in [0.1, 0.15) is 12.0 Å². The molecule has 0 fully saturated rings. The van der Waals surface area contributed by atoms with Crippen molar-refractivity contribution in [2.45, 2.75) is 6.18 Å². The van der Waals surface area contributed by atoms with E-state index in [1.165, 1.54) is 18.2 Å². The number of halogens is 3. The number of anilines is 2. The highest BCUT2D eigenvalue weighted by atomic mass is 19.4. The molecule has 1 aromatic heterocycles. The van der Waals surface area contributed by atoms with Crippen molar-refractivity contribution in [1.29, 1.82) is 0 Å². The zero-order chi connectivity index (χ0) is 16.9. The molecule has 0 amide bonds. The number of hydrogen-bond donors (Lipinski definition) is 2. The molecule has 9 heteroatoms. The molecule has 0 unspecified atom stereocenters. The molecule has 0 aliphatic rings. The number of benzene rings is 1. The predicted octanol–water partition coefficient (Wildman–Crippen LogP) is 3.53. The number of aromatic nitrogens is 1. The van der Waals surface area contributed by atoms with Gasteiger partial charge in [0.05, 0.1) is 10.5 Å². The van der Waals surface area contributed by atoms with Crippen molar-refractivity contribution in [3.05, 3.63) is 58.3 Å². The highest BCUT2D eigenvalue weighted by Gasteiger charge is 2.30. The van der Waals surface area contributed by atoms with E-state index in [4.69, 9.17) is 0 Å². The van der Waals surface area contributed by atoms with Gasteiger partial charge in [0, 0.05) is 24.8 Å². The molecule has 2 N–H and O–H groups in total. The molecule has 2 rings (SSSR count). The second-order valence-corrected chi connectivity index (χ2v) is 4.59. The number of nitrogens with one attached hydrogen (secondary N) is 2. The summed E-state index contributed by atoms with van der Waals surface area (Å²) in [7, 11) is 0. The zero-order valence-electron chi connectivity index (χ0n) is 11.8. The first-order valence-corrected chi connectivity index (χ1v) is 6.62. The van der Waals surface area contributed by atoms with Crippen molar-refractivity contribution in [2.24, 2.45) is 0 Å². The number of hydrogen-bond acceptors (Lipinski definition) is 5. The van der Waals surface area contributed by atoms with Crippen LogP contribution in [0.5, 0.6) is 0 Å². The number of rotatable bonds is 6. The lowest BCUT2D eigenvalue weighted by atomic mass is 10.2. The molecule has 2 aromatic rings.